The average Bonchev–Trinajstić information content (AvgIpc) is 3.23. The number of ether oxygens (including phenoxy) is 1. The van der Waals surface area contributed by atoms with E-state index in [1.807, 2.05) is 30.3 Å². The van der Waals surface area contributed by atoms with Crippen LogP contribution in [0.2, 0.25) is 0 Å². The van der Waals surface area contributed by atoms with Gasteiger partial charge in [0, 0.05) is 11.8 Å². The minimum Gasteiger partial charge on any atom is -0.447 e. The summed E-state index contributed by atoms with van der Waals surface area (Å²) >= 11 is 0. The van der Waals surface area contributed by atoms with Gasteiger partial charge in [-0.1, -0.05) is 42.5 Å². The molecular formula is C25H21N3O6S. The number of nitrogens with one attached hydrogen (secondary N) is 1. The molecule has 3 aromatic carbocycles. The Labute approximate surface area is 202 Å². The molecule has 2 amide bonds. The van der Waals surface area contributed by atoms with Crippen molar-refractivity contribution in [3.05, 3.63) is 101 Å². The van der Waals surface area contributed by atoms with Crippen molar-refractivity contribution in [2.24, 2.45) is 5.18 Å². The number of sulfonamides is 1. The topological polar surface area (TPSA) is 122 Å². The monoisotopic (exact) mass is 491 g/mol. The van der Waals surface area contributed by atoms with Crippen LogP contribution in [0.4, 0.5) is 16.2 Å². The Morgan fingerprint density at radius 2 is 1.71 bits per heavy atom. The molecule has 10 heteroatoms. The molecule has 0 bridgehead atoms. The Balaban J connectivity index is 1.40. The van der Waals surface area contributed by atoms with Gasteiger partial charge in [0.15, 0.2) is 0 Å². The van der Waals surface area contributed by atoms with Gasteiger partial charge in [0.2, 0.25) is 0 Å². The van der Waals surface area contributed by atoms with Gasteiger partial charge < -0.3 is 4.74 Å². The van der Waals surface area contributed by atoms with Crippen LogP contribution in [0.3, 0.4) is 0 Å². The summed E-state index contributed by atoms with van der Waals surface area (Å²) in [6, 6.07) is 20.7. The van der Waals surface area contributed by atoms with E-state index in [1.54, 1.807) is 24.3 Å². The van der Waals surface area contributed by atoms with E-state index in [2.05, 4.69) is 9.90 Å². The molecule has 3 aromatic rings. The first-order valence-corrected chi connectivity index (χ1v) is 12.1. The molecule has 0 radical (unpaired) electrons. The second kappa shape index (κ2) is 10.3. The molecule has 0 unspecified atom stereocenters. The van der Waals surface area contributed by atoms with Crippen molar-refractivity contribution in [2.75, 3.05) is 11.3 Å². The summed E-state index contributed by atoms with van der Waals surface area (Å²) in [7, 11) is -3.85. The molecular weight excluding hydrogens is 470 g/mol. The molecule has 1 N–H and O–H groups in total. The van der Waals surface area contributed by atoms with Crippen LogP contribution in [0.25, 0.3) is 6.08 Å². The van der Waals surface area contributed by atoms with Crippen molar-refractivity contribution < 1.29 is 22.7 Å². The smallest absolute Gasteiger partial charge is 0.417 e. The minimum atomic E-state index is -3.85. The number of anilines is 1. The normalized spacial score (nSPS) is 15.7. The predicted octanol–water partition coefficient (Wildman–Crippen LogP) is 4.49. The second-order valence-electron chi connectivity index (χ2n) is 7.77. The zero-order chi connectivity index (χ0) is 24.8. The maximum atomic E-state index is 12.7. The highest BCUT2D eigenvalue weighted by Crippen LogP contribution is 2.21. The number of benzene rings is 3. The van der Waals surface area contributed by atoms with Crippen molar-refractivity contribution in [1.29, 1.82) is 0 Å². The van der Waals surface area contributed by atoms with Crippen LogP contribution in [0, 0.1) is 4.91 Å². The summed E-state index contributed by atoms with van der Waals surface area (Å²) in [4.78, 5) is 36.4. The van der Waals surface area contributed by atoms with Crippen LogP contribution < -0.4 is 4.72 Å². The summed E-state index contributed by atoms with van der Waals surface area (Å²) < 4.78 is 32.6. The van der Waals surface area contributed by atoms with Crippen LogP contribution >= 0.6 is 0 Å². The molecule has 9 nitrogen and oxygen atoms in total. The molecule has 1 aliphatic rings. The van der Waals surface area contributed by atoms with Gasteiger partial charge >= 0.3 is 6.09 Å². The fourth-order valence-electron chi connectivity index (χ4n) is 3.58. The van der Waals surface area contributed by atoms with Gasteiger partial charge in [-0.25, -0.2) is 18.1 Å². The van der Waals surface area contributed by atoms with Crippen molar-refractivity contribution in [3.8, 4) is 0 Å². The van der Waals surface area contributed by atoms with E-state index in [-0.39, 0.29) is 17.2 Å². The molecule has 0 spiro atoms. The Morgan fingerprint density at radius 1 is 1.03 bits per heavy atom. The molecule has 1 aliphatic heterocycles. The summed E-state index contributed by atoms with van der Waals surface area (Å²) in [5, 5.41) is 2.75. The van der Waals surface area contributed by atoms with Crippen molar-refractivity contribution in [3.63, 3.8) is 0 Å². The molecule has 0 saturated carbocycles. The lowest BCUT2D eigenvalue weighted by atomic mass is 10.1. The highest BCUT2D eigenvalue weighted by atomic mass is 32.2. The number of carbonyl (C=O) groups excluding carboxylic acids is 2. The Morgan fingerprint density at radius 3 is 2.37 bits per heavy atom. The fraction of sp³-hybridized carbons (Fsp3) is 0.120. The number of carbonyl (C=O) groups is 2. The van der Waals surface area contributed by atoms with Crippen LogP contribution in [0.15, 0.2) is 95.0 Å². The van der Waals surface area contributed by atoms with Crippen molar-refractivity contribution in [2.45, 2.75) is 17.4 Å². The van der Waals surface area contributed by atoms with E-state index in [4.69, 9.17) is 4.74 Å². The standard InChI is InChI=1S/C25H21N3O6S/c29-24(28-22(17-34-25(28)30)16-19-4-2-1-3-5-19)15-8-18-6-9-21(10-7-18)27-35(32,33)23-13-11-20(26-31)12-14-23/h1-15,22,27H,16-17H2/b15-8+/t22-/m0/s1. The van der Waals surface area contributed by atoms with E-state index in [0.29, 0.717) is 17.7 Å². The maximum absolute atomic E-state index is 12.7. The first-order valence-electron chi connectivity index (χ1n) is 10.6. The molecule has 1 atom stereocenters. The number of cyclic esters (lactones) is 1. The maximum Gasteiger partial charge on any atom is 0.417 e. The number of rotatable bonds is 8. The predicted molar refractivity (Wildman–Crippen MR) is 130 cm³/mol. The first kappa shape index (κ1) is 23.8. The van der Waals surface area contributed by atoms with E-state index in [9.17, 15) is 22.9 Å². The van der Waals surface area contributed by atoms with E-state index in [0.717, 1.165) is 10.5 Å². The van der Waals surface area contributed by atoms with E-state index < -0.39 is 28.1 Å². The third-order valence-electron chi connectivity index (χ3n) is 5.35. The molecule has 1 heterocycles. The molecule has 4 rings (SSSR count). The lowest BCUT2D eigenvalue weighted by Crippen LogP contribution is -2.39. The van der Waals surface area contributed by atoms with E-state index in [1.165, 1.54) is 36.4 Å². The van der Waals surface area contributed by atoms with Crippen LogP contribution in [-0.4, -0.2) is 38.0 Å². The van der Waals surface area contributed by atoms with Crippen LogP contribution in [-0.2, 0) is 26.0 Å². The van der Waals surface area contributed by atoms with Crippen molar-refractivity contribution in [1.82, 2.24) is 4.90 Å². The van der Waals surface area contributed by atoms with Gasteiger partial charge in [-0.2, -0.15) is 0 Å². The van der Waals surface area contributed by atoms with Gasteiger partial charge in [0.25, 0.3) is 15.9 Å². The quantitative estimate of drug-likeness (QED) is 0.366. The number of nitrogens with zero attached hydrogens (tertiary/aromatic N) is 2. The molecule has 0 aromatic heterocycles. The molecule has 178 valence electrons. The molecule has 1 fully saturated rings. The van der Waals surface area contributed by atoms with Gasteiger partial charge in [0.05, 0.1) is 10.9 Å². The lowest BCUT2D eigenvalue weighted by molar-refractivity contribution is -0.124. The fourth-order valence-corrected chi connectivity index (χ4v) is 4.64. The number of imide groups is 1. The zero-order valence-corrected chi connectivity index (χ0v) is 19.2. The lowest BCUT2D eigenvalue weighted by Gasteiger charge is -2.18. The Bertz CT molecular complexity index is 1350. The largest absolute Gasteiger partial charge is 0.447 e. The summed E-state index contributed by atoms with van der Waals surface area (Å²) in [5.41, 5.74) is 2.07. The zero-order valence-electron chi connectivity index (χ0n) is 18.4. The van der Waals surface area contributed by atoms with Crippen molar-refractivity contribution >= 4 is 39.5 Å². The molecule has 0 aliphatic carbocycles. The Kier molecular flexibility index (Phi) is 7.02. The van der Waals surface area contributed by atoms with Gasteiger partial charge in [-0.05, 0) is 65.2 Å². The summed E-state index contributed by atoms with van der Waals surface area (Å²) in [5.74, 6) is -0.494. The number of hydrogen-bond donors (Lipinski definition) is 1. The number of nitroso groups, excluding NO2 is 1. The van der Waals surface area contributed by atoms with Crippen LogP contribution in [0.1, 0.15) is 11.1 Å². The van der Waals surface area contributed by atoms with E-state index >= 15 is 0 Å². The number of amides is 2. The highest BCUT2D eigenvalue weighted by molar-refractivity contribution is 7.92. The highest BCUT2D eigenvalue weighted by Gasteiger charge is 2.36. The first-order chi connectivity index (χ1) is 16.9. The van der Waals surface area contributed by atoms with Gasteiger partial charge in [-0.3, -0.25) is 9.52 Å². The summed E-state index contributed by atoms with van der Waals surface area (Å²) in [6.45, 7) is 0.135. The third-order valence-corrected chi connectivity index (χ3v) is 6.74. The van der Waals surface area contributed by atoms with Gasteiger partial charge in [-0.15, -0.1) is 4.91 Å². The number of hydrogen-bond acceptors (Lipinski definition) is 7. The summed E-state index contributed by atoms with van der Waals surface area (Å²) in [6.07, 6.45) is 2.64. The average molecular weight is 492 g/mol. The SMILES string of the molecule is O=Nc1ccc(S(=O)(=O)Nc2ccc(/C=C/C(=O)N3C(=O)OC[C@@H]3Cc3ccccc3)cc2)cc1. The van der Waals surface area contributed by atoms with Gasteiger partial charge in [0.1, 0.15) is 12.3 Å². The molecule has 35 heavy (non-hydrogen) atoms. The minimum absolute atomic E-state index is 0.0120. The Hall–Kier alpha value is -4.31. The van der Waals surface area contributed by atoms with Crippen LogP contribution in [0.5, 0.6) is 0 Å². The second-order valence-corrected chi connectivity index (χ2v) is 9.46. The molecule has 1 saturated heterocycles. The third kappa shape index (κ3) is 5.79.